The molecule has 1 fully saturated rings. The minimum atomic E-state index is -0.747. The predicted molar refractivity (Wildman–Crippen MR) is 69.5 cm³/mol. The second kappa shape index (κ2) is 6.16. The van der Waals surface area contributed by atoms with E-state index >= 15 is 0 Å². The van der Waals surface area contributed by atoms with Crippen molar-refractivity contribution in [1.82, 2.24) is 5.32 Å². The number of nitrogens with one attached hydrogen (secondary N) is 1. The second-order valence-electron chi connectivity index (χ2n) is 4.64. The van der Waals surface area contributed by atoms with E-state index in [4.69, 9.17) is 0 Å². The monoisotopic (exact) mass is 273 g/mol. The summed E-state index contributed by atoms with van der Waals surface area (Å²) in [6.07, 6.45) is 1.73. The lowest BCUT2D eigenvalue weighted by Crippen LogP contribution is -2.43. The molecule has 18 heavy (non-hydrogen) atoms. The molecular formula is C13H17ClFNO2. The van der Waals surface area contributed by atoms with Crippen molar-refractivity contribution in [2.24, 2.45) is 5.41 Å². The van der Waals surface area contributed by atoms with Gasteiger partial charge in [-0.25, -0.2) is 4.39 Å². The van der Waals surface area contributed by atoms with Crippen LogP contribution >= 0.6 is 12.4 Å². The average molecular weight is 274 g/mol. The second-order valence-corrected chi connectivity index (χ2v) is 4.64. The molecule has 1 saturated heterocycles. The Morgan fingerprint density at radius 1 is 1.28 bits per heavy atom. The molecule has 1 aliphatic rings. The lowest BCUT2D eigenvalue weighted by molar-refractivity contribution is -0.150. The van der Waals surface area contributed by atoms with Gasteiger partial charge in [0.1, 0.15) is 5.82 Å². The third-order valence-electron chi connectivity index (χ3n) is 3.47. The van der Waals surface area contributed by atoms with Gasteiger partial charge in [0.05, 0.1) is 5.41 Å². The maximum atomic E-state index is 12.8. The summed E-state index contributed by atoms with van der Waals surface area (Å²) in [7, 11) is 0. The summed E-state index contributed by atoms with van der Waals surface area (Å²) in [5, 5.41) is 12.6. The number of hydrogen-bond acceptors (Lipinski definition) is 2. The van der Waals surface area contributed by atoms with E-state index in [9.17, 15) is 14.3 Å². The van der Waals surface area contributed by atoms with Crippen LogP contribution in [0.1, 0.15) is 18.4 Å². The Morgan fingerprint density at radius 3 is 2.33 bits per heavy atom. The summed E-state index contributed by atoms with van der Waals surface area (Å²) in [6, 6.07) is 6.10. The minimum Gasteiger partial charge on any atom is -0.481 e. The van der Waals surface area contributed by atoms with E-state index in [1.54, 1.807) is 12.1 Å². The molecule has 1 aliphatic heterocycles. The SMILES string of the molecule is Cl.O=C(O)C1(Cc2ccc(F)cc2)CCNCC1. The Labute approximate surface area is 112 Å². The summed E-state index contributed by atoms with van der Waals surface area (Å²) < 4.78 is 12.8. The fourth-order valence-corrected chi connectivity index (χ4v) is 2.36. The highest BCUT2D eigenvalue weighted by atomic mass is 35.5. The molecule has 0 aromatic heterocycles. The van der Waals surface area contributed by atoms with Gasteiger partial charge in [-0.3, -0.25) is 4.79 Å². The van der Waals surface area contributed by atoms with E-state index in [1.165, 1.54) is 12.1 Å². The normalized spacial score (nSPS) is 17.8. The van der Waals surface area contributed by atoms with E-state index in [0.29, 0.717) is 19.3 Å². The smallest absolute Gasteiger partial charge is 0.310 e. The molecule has 0 aliphatic carbocycles. The number of aliphatic carboxylic acids is 1. The summed E-state index contributed by atoms with van der Waals surface area (Å²) in [5.41, 5.74) is 0.194. The first-order chi connectivity index (χ1) is 8.12. The third kappa shape index (κ3) is 3.21. The molecule has 2 N–H and O–H groups in total. The number of hydrogen-bond donors (Lipinski definition) is 2. The summed E-state index contributed by atoms with van der Waals surface area (Å²) >= 11 is 0. The third-order valence-corrected chi connectivity index (χ3v) is 3.47. The van der Waals surface area contributed by atoms with E-state index < -0.39 is 11.4 Å². The Balaban J connectivity index is 0.00000162. The van der Waals surface area contributed by atoms with Crippen LogP contribution in [0.4, 0.5) is 4.39 Å². The molecule has 5 heteroatoms. The predicted octanol–water partition coefficient (Wildman–Crippen LogP) is 2.24. The van der Waals surface area contributed by atoms with Gasteiger partial charge in [-0.15, -0.1) is 12.4 Å². The highest BCUT2D eigenvalue weighted by molar-refractivity contribution is 5.85. The summed E-state index contributed by atoms with van der Waals surface area (Å²) in [5.74, 6) is -1.04. The highest BCUT2D eigenvalue weighted by Gasteiger charge is 2.39. The van der Waals surface area contributed by atoms with Crippen LogP contribution in [-0.2, 0) is 11.2 Å². The Bertz CT molecular complexity index is 402. The lowest BCUT2D eigenvalue weighted by Gasteiger charge is -2.33. The molecule has 0 bridgehead atoms. The number of rotatable bonds is 3. The number of carboxylic acid groups (broad SMARTS) is 1. The number of carbonyl (C=O) groups is 1. The number of carboxylic acids is 1. The van der Waals surface area contributed by atoms with Crippen molar-refractivity contribution in [1.29, 1.82) is 0 Å². The molecular weight excluding hydrogens is 257 g/mol. The number of benzene rings is 1. The zero-order valence-corrected chi connectivity index (χ0v) is 10.8. The van der Waals surface area contributed by atoms with Crippen molar-refractivity contribution >= 4 is 18.4 Å². The highest BCUT2D eigenvalue weighted by Crippen LogP contribution is 2.33. The quantitative estimate of drug-likeness (QED) is 0.888. The fraction of sp³-hybridized carbons (Fsp3) is 0.462. The molecule has 1 aromatic rings. The standard InChI is InChI=1S/C13H16FNO2.ClH/c14-11-3-1-10(2-4-11)9-13(12(16)17)5-7-15-8-6-13;/h1-4,15H,5-9H2,(H,16,17);1H. The average Bonchev–Trinajstić information content (AvgIpc) is 2.33. The fourth-order valence-electron chi connectivity index (χ4n) is 2.36. The van der Waals surface area contributed by atoms with Gasteiger partial charge in [-0.05, 0) is 50.0 Å². The van der Waals surface area contributed by atoms with E-state index in [0.717, 1.165) is 18.7 Å². The Morgan fingerprint density at radius 2 is 1.83 bits per heavy atom. The van der Waals surface area contributed by atoms with Crippen LogP contribution in [0.3, 0.4) is 0 Å². The van der Waals surface area contributed by atoms with Gasteiger partial charge in [0.25, 0.3) is 0 Å². The van der Waals surface area contributed by atoms with Crippen LogP contribution in [0.5, 0.6) is 0 Å². The maximum absolute atomic E-state index is 12.8. The van der Waals surface area contributed by atoms with E-state index in [-0.39, 0.29) is 18.2 Å². The van der Waals surface area contributed by atoms with Gasteiger partial charge in [0.15, 0.2) is 0 Å². The zero-order chi connectivity index (χ0) is 12.3. The molecule has 0 amide bonds. The summed E-state index contributed by atoms with van der Waals surface area (Å²) in [6.45, 7) is 1.46. The topological polar surface area (TPSA) is 49.3 Å². The molecule has 1 heterocycles. The maximum Gasteiger partial charge on any atom is 0.310 e. The van der Waals surface area contributed by atoms with Crippen molar-refractivity contribution in [3.05, 3.63) is 35.6 Å². The molecule has 3 nitrogen and oxygen atoms in total. The first-order valence-electron chi connectivity index (χ1n) is 5.81. The molecule has 0 unspecified atom stereocenters. The largest absolute Gasteiger partial charge is 0.481 e. The molecule has 0 radical (unpaired) electrons. The van der Waals surface area contributed by atoms with Gasteiger partial charge in [-0.1, -0.05) is 12.1 Å². The van der Waals surface area contributed by atoms with Gasteiger partial charge in [-0.2, -0.15) is 0 Å². The molecule has 0 saturated carbocycles. The Kier molecular flexibility index (Phi) is 5.11. The van der Waals surface area contributed by atoms with E-state index in [2.05, 4.69) is 5.32 Å². The molecule has 0 spiro atoms. The van der Waals surface area contributed by atoms with E-state index in [1.807, 2.05) is 0 Å². The number of piperidine rings is 1. The van der Waals surface area contributed by atoms with Crippen molar-refractivity contribution in [2.75, 3.05) is 13.1 Å². The summed E-state index contributed by atoms with van der Waals surface area (Å²) in [4.78, 5) is 11.4. The van der Waals surface area contributed by atoms with Crippen molar-refractivity contribution in [3.63, 3.8) is 0 Å². The van der Waals surface area contributed by atoms with Gasteiger partial charge < -0.3 is 10.4 Å². The minimum absolute atomic E-state index is 0. The molecule has 100 valence electrons. The first-order valence-corrected chi connectivity index (χ1v) is 5.81. The van der Waals surface area contributed by atoms with Crippen LogP contribution in [-0.4, -0.2) is 24.2 Å². The van der Waals surface area contributed by atoms with Crippen molar-refractivity contribution in [3.8, 4) is 0 Å². The van der Waals surface area contributed by atoms with Gasteiger partial charge >= 0.3 is 5.97 Å². The van der Waals surface area contributed by atoms with Crippen LogP contribution in [0.2, 0.25) is 0 Å². The lowest BCUT2D eigenvalue weighted by atomic mass is 9.74. The van der Waals surface area contributed by atoms with Gasteiger partial charge in [0, 0.05) is 0 Å². The molecule has 2 rings (SSSR count). The number of halogens is 2. The van der Waals surface area contributed by atoms with Crippen molar-refractivity contribution < 1.29 is 14.3 Å². The Hall–Kier alpha value is -1.13. The first kappa shape index (κ1) is 14.9. The van der Waals surface area contributed by atoms with Gasteiger partial charge in [0.2, 0.25) is 0 Å². The molecule has 1 aromatic carbocycles. The van der Waals surface area contributed by atoms with Crippen LogP contribution in [0.15, 0.2) is 24.3 Å². The van der Waals surface area contributed by atoms with Crippen molar-refractivity contribution in [2.45, 2.75) is 19.3 Å². The van der Waals surface area contributed by atoms with Crippen LogP contribution < -0.4 is 5.32 Å². The molecule has 0 atom stereocenters. The van der Waals surface area contributed by atoms with Crippen LogP contribution in [0, 0.1) is 11.2 Å². The van der Waals surface area contributed by atoms with Crippen LogP contribution in [0.25, 0.3) is 0 Å². The zero-order valence-electron chi connectivity index (χ0n) is 9.99.